The first-order valence-electron chi connectivity index (χ1n) is 6.90. The molecule has 2 aromatic heterocycles. The number of aryl methyl sites for hydroxylation is 2. The fourth-order valence-electron chi connectivity index (χ4n) is 2.11. The van der Waals surface area contributed by atoms with E-state index in [4.69, 9.17) is 0 Å². The number of benzene rings is 1. The Morgan fingerprint density at radius 3 is 2.70 bits per heavy atom. The molecule has 8 heteroatoms. The number of nitrogens with zero attached hydrogens (tertiary/aromatic N) is 7. The molecular formula is C15H13N7S. The minimum Gasteiger partial charge on any atom is -0.237 e. The van der Waals surface area contributed by atoms with Crippen molar-refractivity contribution in [3.8, 4) is 11.8 Å². The molecule has 0 aliphatic carbocycles. The van der Waals surface area contributed by atoms with Gasteiger partial charge >= 0.3 is 0 Å². The molecule has 0 saturated carbocycles. The van der Waals surface area contributed by atoms with E-state index in [1.54, 1.807) is 4.68 Å². The highest BCUT2D eigenvalue weighted by Gasteiger charge is 2.14. The average molecular weight is 323 g/mol. The van der Waals surface area contributed by atoms with Crippen molar-refractivity contribution in [3.63, 3.8) is 0 Å². The molecule has 7 nitrogen and oxygen atoms in total. The van der Waals surface area contributed by atoms with Crippen LogP contribution in [-0.4, -0.2) is 30.2 Å². The Morgan fingerprint density at radius 2 is 1.96 bits per heavy atom. The van der Waals surface area contributed by atoms with Crippen LogP contribution < -0.4 is 0 Å². The van der Waals surface area contributed by atoms with Gasteiger partial charge in [0.1, 0.15) is 22.5 Å². The van der Waals surface area contributed by atoms with Crippen LogP contribution in [-0.2, 0) is 5.75 Å². The Balaban J connectivity index is 1.86. The smallest absolute Gasteiger partial charge is 0.166 e. The first-order chi connectivity index (χ1) is 11.2. The number of nitriles is 1. The lowest BCUT2D eigenvalue weighted by Gasteiger charge is -2.07. The Bertz CT molecular complexity index is 867. The molecule has 0 spiro atoms. The zero-order chi connectivity index (χ0) is 16.2. The van der Waals surface area contributed by atoms with E-state index in [0.29, 0.717) is 33.7 Å². The molecule has 0 N–H and O–H groups in total. The van der Waals surface area contributed by atoms with E-state index >= 15 is 0 Å². The summed E-state index contributed by atoms with van der Waals surface area (Å²) in [6.45, 7) is 3.62. The fourth-order valence-corrected chi connectivity index (χ4v) is 3.09. The minimum atomic E-state index is 0.499. The van der Waals surface area contributed by atoms with Crippen LogP contribution in [0.1, 0.15) is 22.9 Å². The van der Waals surface area contributed by atoms with E-state index in [-0.39, 0.29) is 0 Å². The molecule has 3 aromatic rings. The molecule has 114 valence electrons. The number of aromatic nitrogens is 6. The number of hydrogen-bond acceptors (Lipinski definition) is 7. The highest BCUT2D eigenvalue weighted by atomic mass is 32.2. The van der Waals surface area contributed by atoms with Gasteiger partial charge in [-0.1, -0.05) is 30.0 Å². The second kappa shape index (κ2) is 6.54. The summed E-state index contributed by atoms with van der Waals surface area (Å²) in [5.74, 6) is 1.84. The number of hydrogen-bond donors (Lipinski definition) is 0. The Hall–Kier alpha value is -2.79. The van der Waals surface area contributed by atoms with Gasteiger partial charge in [-0.05, 0) is 36.4 Å². The zero-order valence-electron chi connectivity index (χ0n) is 12.6. The predicted octanol–water partition coefficient (Wildman–Crippen LogP) is 2.23. The van der Waals surface area contributed by atoms with E-state index in [1.165, 1.54) is 11.8 Å². The maximum absolute atomic E-state index is 9.29. The Kier molecular flexibility index (Phi) is 4.30. The van der Waals surface area contributed by atoms with Crippen LogP contribution >= 0.6 is 11.8 Å². The van der Waals surface area contributed by atoms with E-state index < -0.39 is 0 Å². The third-order valence-electron chi connectivity index (χ3n) is 3.15. The Morgan fingerprint density at radius 1 is 1.17 bits per heavy atom. The predicted molar refractivity (Wildman–Crippen MR) is 84.9 cm³/mol. The highest BCUT2D eigenvalue weighted by molar-refractivity contribution is 7.98. The first kappa shape index (κ1) is 15.1. The molecule has 23 heavy (non-hydrogen) atoms. The van der Waals surface area contributed by atoms with Gasteiger partial charge in [0.2, 0.25) is 0 Å². The summed E-state index contributed by atoms with van der Waals surface area (Å²) in [6.07, 6.45) is 0. The monoisotopic (exact) mass is 323 g/mol. The summed E-state index contributed by atoms with van der Waals surface area (Å²) in [5, 5.41) is 21.8. The standard InChI is InChI=1S/C15H13N7S/c1-10-13(8-16)15(18-11(2)17-10)23-9-14-19-20-21-22(14)12-6-4-3-5-7-12/h3-7H,9H2,1-2H3. The molecule has 1 aromatic carbocycles. The van der Waals surface area contributed by atoms with Crippen molar-refractivity contribution >= 4 is 11.8 Å². The maximum atomic E-state index is 9.29. The van der Waals surface area contributed by atoms with Crippen molar-refractivity contribution in [2.75, 3.05) is 0 Å². The lowest BCUT2D eigenvalue weighted by atomic mass is 10.3. The first-order valence-corrected chi connectivity index (χ1v) is 7.88. The number of tetrazole rings is 1. The molecule has 0 bridgehead atoms. The maximum Gasteiger partial charge on any atom is 0.166 e. The molecule has 0 unspecified atom stereocenters. The SMILES string of the molecule is Cc1nc(C)c(C#N)c(SCc2nnnn2-c2ccccc2)n1. The summed E-state index contributed by atoms with van der Waals surface area (Å²) in [6, 6.07) is 11.8. The summed E-state index contributed by atoms with van der Waals surface area (Å²) in [4.78, 5) is 8.58. The van der Waals surface area contributed by atoms with Crippen LogP contribution in [0.2, 0.25) is 0 Å². The van der Waals surface area contributed by atoms with Gasteiger partial charge in [-0.25, -0.2) is 9.97 Å². The van der Waals surface area contributed by atoms with Crippen molar-refractivity contribution < 1.29 is 0 Å². The average Bonchev–Trinajstić information content (AvgIpc) is 3.02. The van der Waals surface area contributed by atoms with Crippen LogP contribution in [0.3, 0.4) is 0 Å². The van der Waals surface area contributed by atoms with Gasteiger partial charge in [0.25, 0.3) is 0 Å². The number of para-hydroxylation sites is 1. The number of thioether (sulfide) groups is 1. The summed E-state index contributed by atoms with van der Waals surface area (Å²) in [7, 11) is 0. The van der Waals surface area contributed by atoms with Gasteiger partial charge in [0, 0.05) is 0 Å². The van der Waals surface area contributed by atoms with Crippen molar-refractivity contribution in [2.45, 2.75) is 24.6 Å². The lowest BCUT2D eigenvalue weighted by molar-refractivity contribution is 0.777. The largest absolute Gasteiger partial charge is 0.237 e. The lowest BCUT2D eigenvalue weighted by Crippen LogP contribution is -2.03. The van der Waals surface area contributed by atoms with Gasteiger partial charge in [0.15, 0.2) is 5.82 Å². The van der Waals surface area contributed by atoms with Crippen LogP contribution in [0.4, 0.5) is 0 Å². The van der Waals surface area contributed by atoms with Crippen LogP contribution in [0, 0.1) is 25.2 Å². The molecule has 0 radical (unpaired) electrons. The third kappa shape index (κ3) is 3.19. The molecule has 0 aliphatic rings. The van der Waals surface area contributed by atoms with Crippen LogP contribution in [0.15, 0.2) is 35.4 Å². The summed E-state index contributed by atoms with van der Waals surface area (Å²) >= 11 is 1.43. The highest BCUT2D eigenvalue weighted by Crippen LogP contribution is 2.25. The van der Waals surface area contributed by atoms with Crippen LogP contribution in [0.25, 0.3) is 5.69 Å². The number of rotatable bonds is 4. The minimum absolute atomic E-state index is 0.499. The zero-order valence-corrected chi connectivity index (χ0v) is 13.4. The van der Waals surface area contributed by atoms with E-state index in [9.17, 15) is 5.26 Å². The second-order valence-corrected chi connectivity index (χ2v) is 5.74. The normalized spacial score (nSPS) is 10.5. The molecule has 0 saturated heterocycles. The Labute approximate surface area is 137 Å². The molecular weight excluding hydrogens is 310 g/mol. The van der Waals surface area contributed by atoms with Crippen molar-refractivity contribution in [3.05, 3.63) is 53.2 Å². The molecule has 0 fully saturated rings. The van der Waals surface area contributed by atoms with Crippen molar-refractivity contribution in [1.82, 2.24) is 30.2 Å². The van der Waals surface area contributed by atoms with Gasteiger partial charge in [-0.15, -0.1) is 5.10 Å². The molecule has 3 rings (SSSR count). The summed E-state index contributed by atoms with van der Waals surface area (Å²) in [5.41, 5.74) is 2.08. The molecule has 0 amide bonds. The van der Waals surface area contributed by atoms with Gasteiger partial charge in [0.05, 0.1) is 17.1 Å². The van der Waals surface area contributed by atoms with E-state index in [0.717, 1.165) is 5.69 Å². The topological polar surface area (TPSA) is 93.2 Å². The summed E-state index contributed by atoms with van der Waals surface area (Å²) < 4.78 is 1.68. The molecule has 0 aliphatic heterocycles. The fraction of sp³-hybridized carbons (Fsp3) is 0.200. The van der Waals surface area contributed by atoms with Gasteiger partial charge < -0.3 is 0 Å². The third-order valence-corrected chi connectivity index (χ3v) is 4.12. The molecule has 0 atom stereocenters. The second-order valence-electron chi connectivity index (χ2n) is 4.78. The quantitative estimate of drug-likeness (QED) is 0.537. The van der Waals surface area contributed by atoms with E-state index in [1.807, 2.05) is 44.2 Å². The van der Waals surface area contributed by atoms with Crippen molar-refractivity contribution in [2.24, 2.45) is 0 Å². The van der Waals surface area contributed by atoms with Gasteiger partial charge in [-0.3, -0.25) is 0 Å². The van der Waals surface area contributed by atoms with E-state index in [2.05, 4.69) is 31.6 Å². The van der Waals surface area contributed by atoms with Crippen molar-refractivity contribution in [1.29, 1.82) is 5.26 Å². The molecule has 2 heterocycles. The van der Waals surface area contributed by atoms with Gasteiger partial charge in [-0.2, -0.15) is 9.94 Å². The van der Waals surface area contributed by atoms with Crippen LogP contribution in [0.5, 0.6) is 0 Å².